The number of urea groups is 1. The molecule has 0 aliphatic heterocycles. The van der Waals surface area contributed by atoms with E-state index >= 15 is 0 Å². The number of hydrogen-bond acceptors (Lipinski definition) is 3. The van der Waals surface area contributed by atoms with Gasteiger partial charge in [-0.15, -0.1) is 0 Å². The van der Waals surface area contributed by atoms with Crippen molar-refractivity contribution in [3.63, 3.8) is 0 Å². The van der Waals surface area contributed by atoms with Crippen molar-refractivity contribution in [2.75, 3.05) is 13.7 Å². The van der Waals surface area contributed by atoms with Gasteiger partial charge in [-0.3, -0.25) is 4.90 Å². The Kier molecular flexibility index (Phi) is 7.91. The fourth-order valence-electron chi connectivity index (χ4n) is 2.05. The molecular weight excluding hydrogens is 278 g/mol. The van der Waals surface area contributed by atoms with Crippen molar-refractivity contribution in [3.8, 4) is 0 Å². The maximum Gasteiger partial charge on any atom is 0.315 e. The number of nitrogens with one attached hydrogen (secondary N) is 2. The molecular formula is C17H29N3O2. The molecule has 0 aliphatic carbocycles. The summed E-state index contributed by atoms with van der Waals surface area (Å²) >= 11 is 0. The summed E-state index contributed by atoms with van der Waals surface area (Å²) in [6, 6.07) is 8.39. The molecule has 0 fully saturated rings. The van der Waals surface area contributed by atoms with Crippen LogP contribution in [-0.2, 0) is 13.1 Å². The van der Waals surface area contributed by atoms with Crippen molar-refractivity contribution in [1.29, 1.82) is 0 Å². The number of benzene rings is 1. The molecule has 1 aromatic rings. The van der Waals surface area contributed by atoms with E-state index in [0.29, 0.717) is 19.0 Å². The maximum absolute atomic E-state index is 11.8. The Labute approximate surface area is 133 Å². The maximum atomic E-state index is 11.8. The highest BCUT2D eigenvalue weighted by Gasteiger charge is 2.10. The van der Waals surface area contributed by atoms with E-state index in [1.807, 2.05) is 25.1 Å². The third-order valence-corrected chi connectivity index (χ3v) is 3.80. The second kappa shape index (κ2) is 9.43. The number of carbonyl (C=O) groups is 1. The van der Waals surface area contributed by atoms with Crippen LogP contribution in [0.5, 0.6) is 0 Å². The Balaban J connectivity index is 2.57. The quantitative estimate of drug-likeness (QED) is 0.689. The number of nitrogens with zero attached hydrogens (tertiary/aromatic N) is 1. The standard InChI is InChI=1S/C17H29N3O2/c1-13(2)20(4)12-16-8-6-5-7-15(16)11-18-17(22)19-14(3)9-10-21/h5-8,13-14,21H,9-12H2,1-4H3,(H2,18,19,22)/t14-/m1/s1. The van der Waals surface area contributed by atoms with Crippen LogP contribution in [0.4, 0.5) is 4.79 Å². The van der Waals surface area contributed by atoms with E-state index in [9.17, 15) is 4.79 Å². The van der Waals surface area contributed by atoms with Gasteiger partial charge in [-0.2, -0.15) is 0 Å². The highest BCUT2D eigenvalue weighted by Crippen LogP contribution is 2.12. The lowest BCUT2D eigenvalue weighted by molar-refractivity contribution is 0.230. The van der Waals surface area contributed by atoms with Gasteiger partial charge in [-0.1, -0.05) is 24.3 Å². The Morgan fingerprint density at radius 3 is 2.45 bits per heavy atom. The zero-order valence-corrected chi connectivity index (χ0v) is 14.1. The van der Waals surface area contributed by atoms with Gasteiger partial charge in [0.2, 0.25) is 0 Å². The Hall–Kier alpha value is -1.59. The molecule has 1 aromatic carbocycles. The lowest BCUT2D eigenvalue weighted by atomic mass is 10.1. The lowest BCUT2D eigenvalue weighted by Crippen LogP contribution is -2.41. The number of rotatable bonds is 8. The van der Waals surface area contributed by atoms with Crippen LogP contribution < -0.4 is 10.6 Å². The molecule has 22 heavy (non-hydrogen) atoms. The van der Waals surface area contributed by atoms with Crippen molar-refractivity contribution in [2.24, 2.45) is 0 Å². The minimum Gasteiger partial charge on any atom is -0.396 e. The summed E-state index contributed by atoms with van der Waals surface area (Å²) in [5.41, 5.74) is 2.35. The van der Waals surface area contributed by atoms with Crippen LogP contribution in [0.25, 0.3) is 0 Å². The van der Waals surface area contributed by atoms with Crippen LogP contribution >= 0.6 is 0 Å². The molecule has 1 atom stereocenters. The Bertz CT molecular complexity index is 463. The van der Waals surface area contributed by atoms with Crippen LogP contribution in [0.2, 0.25) is 0 Å². The van der Waals surface area contributed by atoms with Gasteiger partial charge in [0.15, 0.2) is 0 Å². The van der Waals surface area contributed by atoms with E-state index in [1.165, 1.54) is 5.56 Å². The number of aliphatic hydroxyl groups excluding tert-OH is 1. The fourth-order valence-corrected chi connectivity index (χ4v) is 2.05. The summed E-state index contributed by atoms with van der Waals surface area (Å²) < 4.78 is 0. The minimum absolute atomic E-state index is 0.0349. The third-order valence-electron chi connectivity index (χ3n) is 3.80. The number of hydrogen-bond donors (Lipinski definition) is 3. The summed E-state index contributed by atoms with van der Waals surface area (Å²) in [6.07, 6.45) is 0.559. The molecule has 3 N–H and O–H groups in total. The molecule has 0 saturated carbocycles. The highest BCUT2D eigenvalue weighted by molar-refractivity contribution is 5.74. The first-order chi connectivity index (χ1) is 10.4. The normalized spacial score (nSPS) is 12.5. The van der Waals surface area contributed by atoms with Gasteiger partial charge in [0.25, 0.3) is 0 Å². The van der Waals surface area contributed by atoms with Crippen molar-refractivity contribution in [2.45, 2.75) is 52.4 Å². The van der Waals surface area contributed by atoms with Gasteiger partial charge >= 0.3 is 6.03 Å². The number of aliphatic hydroxyl groups is 1. The molecule has 0 heterocycles. The van der Waals surface area contributed by atoms with E-state index in [1.54, 1.807) is 0 Å². The van der Waals surface area contributed by atoms with Gasteiger partial charge in [-0.25, -0.2) is 4.79 Å². The second-order valence-corrected chi connectivity index (χ2v) is 6.02. The zero-order chi connectivity index (χ0) is 16.5. The topological polar surface area (TPSA) is 64.6 Å². The minimum atomic E-state index is -0.201. The van der Waals surface area contributed by atoms with E-state index in [4.69, 9.17) is 5.11 Å². The van der Waals surface area contributed by atoms with Gasteiger partial charge in [0, 0.05) is 31.8 Å². The van der Waals surface area contributed by atoms with Crippen LogP contribution in [0, 0.1) is 0 Å². The first kappa shape index (κ1) is 18.5. The molecule has 0 radical (unpaired) electrons. The van der Waals surface area contributed by atoms with Crippen LogP contribution in [-0.4, -0.2) is 41.8 Å². The average molecular weight is 307 g/mol. The van der Waals surface area contributed by atoms with Crippen molar-refractivity contribution < 1.29 is 9.90 Å². The predicted octanol–water partition coefficient (Wildman–Crippen LogP) is 2.10. The molecule has 0 bridgehead atoms. The summed E-state index contributed by atoms with van der Waals surface area (Å²) in [5, 5.41) is 14.5. The number of amides is 2. The first-order valence-corrected chi connectivity index (χ1v) is 7.86. The van der Waals surface area contributed by atoms with Gasteiger partial charge in [-0.05, 0) is 45.4 Å². The monoisotopic (exact) mass is 307 g/mol. The molecule has 1 rings (SSSR count). The Morgan fingerprint density at radius 2 is 1.86 bits per heavy atom. The van der Waals surface area contributed by atoms with Gasteiger partial charge in [0.05, 0.1) is 0 Å². The lowest BCUT2D eigenvalue weighted by Gasteiger charge is -2.22. The molecule has 0 unspecified atom stereocenters. The molecule has 124 valence electrons. The smallest absolute Gasteiger partial charge is 0.315 e. The fraction of sp³-hybridized carbons (Fsp3) is 0.588. The van der Waals surface area contributed by atoms with Gasteiger partial charge in [0.1, 0.15) is 0 Å². The van der Waals surface area contributed by atoms with Crippen LogP contribution in [0.3, 0.4) is 0 Å². The molecule has 0 saturated heterocycles. The van der Waals surface area contributed by atoms with Crippen LogP contribution in [0.15, 0.2) is 24.3 Å². The highest BCUT2D eigenvalue weighted by atomic mass is 16.3. The summed E-state index contributed by atoms with van der Waals surface area (Å²) in [7, 11) is 2.10. The molecule has 0 spiro atoms. The SMILES string of the molecule is CC(C)N(C)Cc1ccccc1CNC(=O)N[C@H](C)CCO. The Morgan fingerprint density at radius 1 is 1.23 bits per heavy atom. The average Bonchev–Trinajstić information content (AvgIpc) is 2.46. The van der Waals surface area contributed by atoms with E-state index in [0.717, 1.165) is 12.1 Å². The first-order valence-electron chi connectivity index (χ1n) is 7.86. The molecule has 0 aliphatic rings. The summed E-state index contributed by atoms with van der Waals surface area (Å²) in [4.78, 5) is 14.1. The van der Waals surface area contributed by atoms with E-state index in [-0.39, 0.29) is 18.7 Å². The molecule has 5 nitrogen and oxygen atoms in total. The summed E-state index contributed by atoms with van der Waals surface area (Å²) in [6.45, 7) is 7.64. The second-order valence-electron chi connectivity index (χ2n) is 6.02. The number of carbonyl (C=O) groups excluding carboxylic acids is 1. The van der Waals surface area contributed by atoms with E-state index < -0.39 is 0 Å². The van der Waals surface area contributed by atoms with Crippen LogP contribution in [0.1, 0.15) is 38.3 Å². The van der Waals surface area contributed by atoms with Gasteiger partial charge < -0.3 is 15.7 Å². The predicted molar refractivity (Wildman–Crippen MR) is 89.6 cm³/mol. The molecule has 0 aromatic heterocycles. The zero-order valence-electron chi connectivity index (χ0n) is 14.1. The van der Waals surface area contributed by atoms with Crippen molar-refractivity contribution in [3.05, 3.63) is 35.4 Å². The van der Waals surface area contributed by atoms with Crippen molar-refractivity contribution >= 4 is 6.03 Å². The molecule has 2 amide bonds. The molecule has 5 heteroatoms. The van der Waals surface area contributed by atoms with E-state index in [2.05, 4.69) is 42.5 Å². The third kappa shape index (κ3) is 6.45. The largest absolute Gasteiger partial charge is 0.396 e. The summed E-state index contributed by atoms with van der Waals surface area (Å²) in [5.74, 6) is 0. The van der Waals surface area contributed by atoms with Crippen molar-refractivity contribution in [1.82, 2.24) is 15.5 Å².